The van der Waals surface area contributed by atoms with Crippen LogP contribution in [-0.4, -0.2) is 10.9 Å². The molecule has 100 valence electrons. The lowest BCUT2D eigenvalue weighted by atomic mass is 10.3. The van der Waals surface area contributed by atoms with E-state index in [2.05, 4.69) is 10.3 Å². The number of pyridine rings is 1. The molecule has 0 fully saturated rings. The highest BCUT2D eigenvalue weighted by Crippen LogP contribution is 2.22. The standard InChI is InChI=1S/C15H12N2O3/c18-15(17-10-11-3-1-7-16-9-11)14-6-5-13(20-14)12-4-2-8-19-12/h1-9H,10H2,(H,17,18). The van der Waals surface area contributed by atoms with Gasteiger partial charge in [-0.15, -0.1) is 0 Å². The summed E-state index contributed by atoms with van der Waals surface area (Å²) in [6.07, 6.45) is 4.95. The van der Waals surface area contributed by atoms with Crippen molar-refractivity contribution >= 4 is 5.91 Å². The van der Waals surface area contributed by atoms with Crippen molar-refractivity contribution in [1.29, 1.82) is 0 Å². The van der Waals surface area contributed by atoms with Crippen molar-refractivity contribution in [3.05, 3.63) is 66.4 Å². The number of carbonyl (C=O) groups excluding carboxylic acids is 1. The predicted molar refractivity (Wildman–Crippen MR) is 71.8 cm³/mol. The maximum Gasteiger partial charge on any atom is 0.287 e. The molecule has 0 radical (unpaired) electrons. The summed E-state index contributed by atoms with van der Waals surface area (Å²) in [5.74, 6) is 1.10. The zero-order valence-electron chi connectivity index (χ0n) is 10.6. The third kappa shape index (κ3) is 2.61. The Kier molecular flexibility index (Phi) is 3.33. The van der Waals surface area contributed by atoms with Crippen LogP contribution in [0.15, 0.2) is 63.9 Å². The number of nitrogens with zero attached hydrogens (tertiary/aromatic N) is 1. The van der Waals surface area contributed by atoms with Gasteiger partial charge in [0.05, 0.1) is 6.26 Å². The maximum absolute atomic E-state index is 11.9. The van der Waals surface area contributed by atoms with Crippen molar-refractivity contribution in [2.75, 3.05) is 0 Å². The third-order valence-electron chi connectivity index (χ3n) is 2.77. The van der Waals surface area contributed by atoms with Crippen LogP contribution in [0.2, 0.25) is 0 Å². The van der Waals surface area contributed by atoms with E-state index in [1.165, 1.54) is 0 Å². The molecule has 5 nitrogen and oxygen atoms in total. The Hall–Kier alpha value is -2.82. The third-order valence-corrected chi connectivity index (χ3v) is 2.77. The van der Waals surface area contributed by atoms with E-state index in [-0.39, 0.29) is 11.7 Å². The highest BCUT2D eigenvalue weighted by atomic mass is 16.4. The second-order valence-electron chi connectivity index (χ2n) is 4.19. The molecule has 3 heterocycles. The van der Waals surface area contributed by atoms with Crippen molar-refractivity contribution in [2.45, 2.75) is 6.54 Å². The van der Waals surface area contributed by atoms with Gasteiger partial charge in [0.25, 0.3) is 5.91 Å². The molecule has 20 heavy (non-hydrogen) atoms. The minimum atomic E-state index is -0.272. The Morgan fingerprint density at radius 3 is 2.85 bits per heavy atom. The number of hydrogen-bond acceptors (Lipinski definition) is 4. The largest absolute Gasteiger partial charge is 0.461 e. The molecule has 1 amide bonds. The van der Waals surface area contributed by atoms with Crippen LogP contribution in [0.3, 0.4) is 0 Å². The van der Waals surface area contributed by atoms with E-state index in [0.717, 1.165) is 5.56 Å². The fraction of sp³-hybridized carbons (Fsp3) is 0.0667. The van der Waals surface area contributed by atoms with Gasteiger partial charge in [-0.25, -0.2) is 0 Å². The summed E-state index contributed by atoms with van der Waals surface area (Å²) in [6, 6.07) is 10.6. The van der Waals surface area contributed by atoms with Gasteiger partial charge in [-0.3, -0.25) is 9.78 Å². The van der Waals surface area contributed by atoms with Crippen molar-refractivity contribution in [1.82, 2.24) is 10.3 Å². The van der Waals surface area contributed by atoms with Crippen LogP contribution >= 0.6 is 0 Å². The Bertz CT molecular complexity index is 687. The number of furan rings is 2. The predicted octanol–water partition coefficient (Wildman–Crippen LogP) is 2.86. The van der Waals surface area contributed by atoms with Gasteiger partial charge in [-0.2, -0.15) is 0 Å². The minimum absolute atomic E-state index is 0.250. The molecular weight excluding hydrogens is 256 g/mol. The average Bonchev–Trinajstić information content (AvgIpc) is 3.16. The number of carbonyl (C=O) groups is 1. The first kappa shape index (κ1) is 12.2. The molecule has 0 aliphatic carbocycles. The first-order valence-corrected chi connectivity index (χ1v) is 6.14. The lowest BCUT2D eigenvalue weighted by molar-refractivity contribution is 0.0924. The molecule has 0 aliphatic rings. The lowest BCUT2D eigenvalue weighted by Gasteiger charge is -2.02. The summed E-state index contributed by atoms with van der Waals surface area (Å²) >= 11 is 0. The van der Waals surface area contributed by atoms with E-state index in [4.69, 9.17) is 8.83 Å². The van der Waals surface area contributed by atoms with Gasteiger partial charge in [0, 0.05) is 18.9 Å². The quantitative estimate of drug-likeness (QED) is 0.790. The molecule has 1 N–H and O–H groups in total. The molecule has 0 aromatic carbocycles. The molecule has 0 aliphatic heterocycles. The van der Waals surface area contributed by atoms with Crippen molar-refractivity contribution in [2.24, 2.45) is 0 Å². The number of hydrogen-bond donors (Lipinski definition) is 1. The fourth-order valence-electron chi connectivity index (χ4n) is 1.78. The summed E-state index contributed by atoms with van der Waals surface area (Å²) in [4.78, 5) is 15.9. The van der Waals surface area contributed by atoms with Crippen LogP contribution in [0, 0.1) is 0 Å². The smallest absolute Gasteiger partial charge is 0.287 e. The van der Waals surface area contributed by atoms with Crippen molar-refractivity contribution < 1.29 is 13.6 Å². The Labute approximate surface area is 115 Å². The van der Waals surface area contributed by atoms with Gasteiger partial charge in [-0.05, 0) is 35.9 Å². The lowest BCUT2D eigenvalue weighted by Crippen LogP contribution is -2.22. The molecule has 0 saturated heterocycles. The molecule has 5 heteroatoms. The van der Waals surface area contributed by atoms with Crippen LogP contribution in [0.4, 0.5) is 0 Å². The zero-order valence-corrected chi connectivity index (χ0v) is 10.6. The van der Waals surface area contributed by atoms with E-state index in [1.54, 1.807) is 42.9 Å². The number of nitrogens with one attached hydrogen (secondary N) is 1. The number of rotatable bonds is 4. The molecule has 3 aromatic rings. The molecule has 0 unspecified atom stereocenters. The van der Waals surface area contributed by atoms with E-state index in [0.29, 0.717) is 18.1 Å². The van der Waals surface area contributed by atoms with Gasteiger partial charge in [0.2, 0.25) is 0 Å². The Morgan fingerprint density at radius 2 is 2.10 bits per heavy atom. The van der Waals surface area contributed by atoms with Gasteiger partial charge < -0.3 is 14.2 Å². The molecule has 3 aromatic heterocycles. The van der Waals surface area contributed by atoms with E-state index >= 15 is 0 Å². The summed E-state index contributed by atoms with van der Waals surface area (Å²) < 4.78 is 10.7. The van der Waals surface area contributed by atoms with Gasteiger partial charge in [-0.1, -0.05) is 6.07 Å². The van der Waals surface area contributed by atoms with Crippen LogP contribution in [-0.2, 0) is 6.54 Å². The van der Waals surface area contributed by atoms with Crippen LogP contribution in [0.1, 0.15) is 16.1 Å². The Morgan fingerprint density at radius 1 is 1.15 bits per heavy atom. The molecule has 3 rings (SSSR count). The van der Waals surface area contributed by atoms with Crippen LogP contribution in [0.5, 0.6) is 0 Å². The van der Waals surface area contributed by atoms with Crippen molar-refractivity contribution in [3.63, 3.8) is 0 Å². The molecule has 0 saturated carbocycles. The summed E-state index contributed by atoms with van der Waals surface area (Å²) in [5, 5.41) is 2.77. The Balaban J connectivity index is 1.66. The summed E-state index contributed by atoms with van der Waals surface area (Å²) in [6.45, 7) is 0.406. The highest BCUT2D eigenvalue weighted by Gasteiger charge is 2.13. The van der Waals surface area contributed by atoms with E-state index in [1.807, 2.05) is 12.1 Å². The average molecular weight is 268 g/mol. The second kappa shape index (κ2) is 5.44. The number of aromatic nitrogens is 1. The first-order valence-electron chi connectivity index (χ1n) is 6.14. The normalized spacial score (nSPS) is 10.4. The molecular formula is C15H12N2O3. The van der Waals surface area contributed by atoms with E-state index in [9.17, 15) is 4.79 Å². The maximum atomic E-state index is 11.9. The summed E-state index contributed by atoms with van der Waals surface area (Å²) in [5.41, 5.74) is 0.929. The minimum Gasteiger partial charge on any atom is -0.461 e. The van der Waals surface area contributed by atoms with Crippen molar-refractivity contribution in [3.8, 4) is 11.5 Å². The molecule has 0 atom stereocenters. The molecule has 0 bridgehead atoms. The van der Waals surface area contributed by atoms with Gasteiger partial charge >= 0.3 is 0 Å². The summed E-state index contributed by atoms with van der Waals surface area (Å²) in [7, 11) is 0. The van der Waals surface area contributed by atoms with Gasteiger partial charge in [0.15, 0.2) is 17.3 Å². The first-order chi connectivity index (χ1) is 9.83. The monoisotopic (exact) mass is 268 g/mol. The van der Waals surface area contributed by atoms with Gasteiger partial charge in [0.1, 0.15) is 0 Å². The number of amides is 1. The van der Waals surface area contributed by atoms with E-state index < -0.39 is 0 Å². The van der Waals surface area contributed by atoms with Crippen LogP contribution < -0.4 is 5.32 Å². The SMILES string of the molecule is O=C(NCc1cccnc1)c1ccc(-c2ccco2)o1. The topological polar surface area (TPSA) is 68.3 Å². The highest BCUT2D eigenvalue weighted by molar-refractivity contribution is 5.91. The fourth-order valence-corrected chi connectivity index (χ4v) is 1.78. The van der Waals surface area contributed by atoms with Crippen LogP contribution in [0.25, 0.3) is 11.5 Å². The second-order valence-corrected chi connectivity index (χ2v) is 4.19. The zero-order chi connectivity index (χ0) is 13.8. The molecule has 0 spiro atoms.